The second-order valence-corrected chi connectivity index (χ2v) is 2.87. The Hall–Kier alpha value is -1.06. The number of aliphatic hydroxyl groups is 1. The van der Waals surface area contributed by atoms with Gasteiger partial charge in [0, 0.05) is 0 Å². The molecule has 0 saturated carbocycles. The van der Waals surface area contributed by atoms with Crippen molar-refractivity contribution in [2.24, 2.45) is 0 Å². The van der Waals surface area contributed by atoms with Crippen LogP contribution in [0.3, 0.4) is 0 Å². The highest BCUT2D eigenvalue weighted by atomic mass is 16.3. The first-order chi connectivity index (χ1) is 5.56. The molecule has 0 fully saturated rings. The number of hydrogen-bond acceptors (Lipinski definition) is 3. The lowest BCUT2D eigenvalue weighted by molar-refractivity contribution is 0.0282. The molecule has 66 valence electrons. The van der Waals surface area contributed by atoms with Crippen molar-refractivity contribution in [3.05, 3.63) is 29.8 Å². The molecule has 0 amide bonds. The summed E-state index contributed by atoms with van der Waals surface area (Å²) in [4.78, 5) is 0. The Labute approximate surface area is 71.7 Å². The van der Waals surface area contributed by atoms with Gasteiger partial charge in [-0.05, 0) is 31.7 Å². The number of phenolic OH excluding ortho intramolecular Hbond substituents is 1. The molecule has 0 spiro atoms. The van der Waals surface area contributed by atoms with E-state index in [9.17, 15) is 5.11 Å². The Kier molecular flexibility index (Phi) is 2.35. The molecule has 12 heavy (non-hydrogen) atoms. The van der Waals surface area contributed by atoms with Crippen LogP contribution in [-0.4, -0.2) is 17.3 Å². The monoisotopic (exact) mass is 167 g/mol. The highest BCUT2D eigenvalue weighted by molar-refractivity contribution is 5.28. The second kappa shape index (κ2) is 3.13. The Balaban J connectivity index is 2.96. The standard InChI is InChI=1S/C9H13NO2/c1-9(12,10-2)7-3-5-8(11)6-4-7/h3-6,10-12H,1-2H3. The van der Waals surface area contributed by atoms with E-state index in [2.05, 4.69) is 5.32 Å². The fourth-order valence-electron chi connectivity index (χ4n) is 0.930. The molecule has 3 nitrogen and oxygen atoms in total. The summed E-state index contributed by atoms with van der Waals surface area (Å²) in [5.74, 6) is 0.200. The summed E-state index contributed by atoms with van der Waals surface area (Å²) in [7, 11) is 1.67. The van der Waals surface area contributed by atoms with E-state index in [1.54, 1.807) is 38.2 Å². The van der Waals surface area contributed by atoms with Crippen molar-refractivity contribution in [2.45, 2.75) is 12.6 Å². The van der Waals surface area contributed by atoms with Crippen LogP contribution in [0.1, 0.15) is 12.5 Å². The molecule has 0 aliphatic heterocycles. The molecule has 1 aromatic carbocycles. The summed E-state index contributed by atoms with van der Waals surface area (Å²) < 4.78 is 0. The zero-order valence-electron chi connectivity index (χ0n) is 7.20. The first kappa shape index (κ1) is 9.03. The zero-order valence-corrected chi connectivity index (χ0v) is 7.20. The predicted octanol–water partition coefficient (Wildman–Crippen LogP) is 0.777. The fourth-order valence-corrected chi connectivity index (χ4v) is 0.930. The van der Waals surface area contributed by atoms with Gasteiger partial charge in [0.05, 0.1) is 0 Å². The van der Waals surface area contributed by atoms with Crippen molar-refractivity contribution in [3.63, 3.8) is 0 Å². The largest absolute Gasteiger partial charge is 0.508 e. The number of benzene rings is 1. The van der Waals surface area contributed by atoms with Crippen LogP contribution in [0, 0.1) is 0 Å². The highest BCUT2D eigenvalue weighted by Gasteiger charge is 2.19. The summed E-state index contributed by atoms with van der Waals surface area (Å²) in [5.41, 5.74) is -0.309. The van der Waals surface area contributed by atoms with Gasteiger partial charge in [0.2, 0.25) is 0 Å². The molecular weight excluding hydrogens is 154 g/mol. The predicted molar refractivity (Wildman–Crippen MR) is 46.7 cm³/mol. The maximum atomic E-state index is 9.69. The summed E-state index contributed by atoms with van der Waals surface area (Å²) >= 11 is 0. The van der Waals surface area contributed by atoms with Crippen molar-refractivity contribution >= 4 is 0 Å². The van der Waals surface area contributed by atoms with Crippen molar-refractivity contribution in [1.82, 2.24) is 5.32 Å². The first-order valence-corrected chi connectivity index (χ1v) is 3.77. The van der Waals surface area contributed by atoms with Gasteiger partial charge in [-0.1, -0.05) is 12.1 Å². The minimum atomic E-state index is -1.03. The van der Waals surface area contributed by atoms with Gasteiger partial charge in [-0.15, -0.1) is 0 Å². The van der Waals surface area contributed by atoms with E-state index in [4.69, 9.17) is 5.11 Å². The topological polar surface area (TPSA) is 52.5 Å². The van der Waals surface area contributed by atoms with Crippen LogP contribution in [0.5, 0.6) is 5.75 Å². The van der Waals surface area contributed by atoms with Crippen LogP contribution < -0.4 is 5.32 Å². The summed E-state index contributed by atoms with van der Waals surface area (Å²) in [5, 5.41) is 21.4. The maximum Gasteiger partial charge on any atom is 0.139 e. The zero-order chi connectivity index (χ0) is 9.19. The van der Waals surface area contributed by atoms with Gasteiger partial charge in [0.1, 0.15) is 11.5 Å². The lowest BCUT2D eigenvalue weighted by Crippen LogP contribution is -2.36. The Morgan fingerprint density at radius 2 is 1.75 bits per heavy atom. The highest BCUT2D eigenvalue weighted by Crippen LogP contribution is 2.19. The number of nitrogens with one attached hydrogen (secondary N) is 1. The smallest absolute Gasteiger partial charge is 0.139 e. The Bertz CT molecular complexity index is 254. The van der Waals surface area contributed by atoms with Gasteiger partial charge in [-0.2, -0.15) is 0 Å². The van der Waals surface area contributed by atoms with Gasteiger partial charge >= 0.3 is 0 Å². The van der Waals surface area contributed by atoms with E-state index < -0.39 is 5.72 Å². The van der Waals surface area contributed by atoms with Crippen LogP contribution in [-0.2, 0) is 5.72 Å². The van der Waals surface area contributed by atoms with Gasteiger partial charge in [-0.3, -0.25) is 5.32 Å². The van der Waals surface area contributed by atoms with E-state index in [0.717, 1.165) is 5.56 Å². The summed E-state index contributed by atoms with van der Waals surface area (Å²) in [6.07, 6.45) is 0. The van der Waals surface area contributed by atoms with E-state index in [1.165, 1.54) is 0 Å². The molecule has 0 aromatic heterocycles. The van der Waals surface area contributed by atoms with Crippen molar-refractivity contribution in [3.8, 4) is 5.75 Å². The Morgan fingerprint density at radius 3 is 2.17 bits per heavy atom. The molecule has 0 saturated heterocycles. The normalized spacial score (nSPS) is 15.6. The van der Waals surface area contributed by atoms with Crippen molar-refractivity contribution < 1.29 is 10.2 Å². The van der Waals surface area contributed by atoms with E-state index in [0.29, 0.717) is 0 Å². The van der Waals surface area contributed by atoms with Crippen LogP contribution in [0.25, 0.3) is 0 Å². The molecule has 3 heteroatoms. The molecule has 1 atom stereocenters. The number of phenols is 1. The van der Waals surface area contributed by atoms with Crippen LogP contribution in [0.4, 0.5) is 0 Å². The van der Waals surface area contributed by atoms with Gasteiger partial charge in [-0.25, -0.2) is 0 Å². The maximum absolute atomic E-state index is 9.69. The van der Waals surface area contributed by atoms with Crippen LogP contribution in [0.15, 0.2) is 24.3 Å². The minimum Gasteiger partial charge on any atom is -0.508 e. The summed E-state index contributed by atoms with van der Waals surface area (Å²) in [6, 6.07) is 6.43. The number of rotatable bonds is 2. The quantitative estimate of drug-likeness (QED) is 0.570. The third-order valence-electron chi connectivity index (χ3n) is 1.92. The number of hydrogen-bond donors (Lipinski definition) is 3. The number of aromatic hydroxyl groups is 1. The van der Waals surface area contributed by atoms with Gasteiger partial charge < -0.3 is 10.2 Å². The molecule has 1 aromatic rings. The van der Waals surface area contributed by atoms with E-state index >= 15 is 0 Å². The van der Waals surface area contributed by atoms with Gasteiger partial charge in [0.25, 0.3) is 0 Å². The first-order valence-electron chi connectivity index (χ1n) is 3.77. The second-order valence-electron chi connectivity index (χ2n) is 2.87. The van der Waals surface area contributed by atoms with E-state index in [1.807, 2.05) is 0 Å². The molecule has 0 bridgehead atoms. The molecule has 0 aliphatic carbocycles. The average Bonchev–Trinajstić information content (AvgIpc) is 2.05. The molecule has 0 aliphatic rings. The van der Waals surface area contributed by atoms with E-state index in [-0.39, 0.29) is 5.75 Å². The minimum absolute atomic E-state index is 0.200. The average molecular weight is 167 g/mol. The lowest BCUT2D eigenvalue weighted by Gasteiger charge is -2.22. The lowest BCUT2D eigenvalue weighted by atomic mass is 10.1. The van der Waals surface area contributed by atoms with Crippen LogP contribution >= 0.6 is 0 Å². The van der Waals surface area contributed by atoms with Gasteiger partial charge in [0.15, 0.2) is 0 Å². The molecule has 1 rings (SSSR count). The molecule has 1 unspecified atom stereocenters. The third-order valence-corrected chi connectivity index (χ3v) is 1.92. The molecular formula is C9H13NO2. The molecule has 0 heterocycles. The fraction of sp³-hybridized carbons (Fsp3) is 0.333. The Morgan fingerprint density at radius 1 is 1.25 bits per heavy atom. The summed E-state index contributed by atoms with van der Waals surface area (Å²) in [6.45, 7) is 1.65. The SMILES string of the molecule is CNC(C)(O)c1ccc(O)cc1. The molecule has 3 N–H and O–H groups in total. The van der Waals surface area contributed by atoms with Crippen LogP contribution in [0.2, 0.25) is 0 Å². The molecule has 0 radical (unpaired) electrons. The third kappa shape index (κ3) is 1.75. The van der Waals surface area contributed by atoms with Crippen molar-refractivity contribution in [2.75, 3.05) is 7.05 Å². The van der Waals surface area contributed by atoms with Crippen molar-refractivity contribution in [1.29, 1.82) is 0 Å².